The lowest BCUT2D eigenvalue weighted by atomic mass is 9.74. The highest BCUT2D eigenvalue weighted by atomic mass is 15.2. The summed E-state index contributed by atoms with van der Waals surface area (Å²) in [5.74, 6) is 1.69. The van der Waals surface area contributed by atoms with Gasteiger partial charge in [0.25, 0.3) is 0 Å². The van der Waals surface area contributed by atoms with Gasteiger partial charge in [0.05, 0.1) is 0 Å². The van der Waals surface area contributed by atoms with Crippen molar-refractivity contribution in [2.75, 3.05) is 26.2 Å². The van der Waals surface area contributed by atoms with Gasteiger partial charge in [-0.25, -0.2) is 0 Å². The number of nitrogens with zero attached hydrogens (tertiary/aromatic N) is 1. The van der Waals surface area contributed by atoms with E-state index in [-0.39, 0.29) is 0 Å². The predicted molar refractivity (Wildman–Crippen MR) is 78.8 cm³/mol. The molecule has 2 heteroatoms. The normalized spacial score (nSPS) is 31.8. The highest BCUT2D eigenvalue weighted by Gasteiger charge is 2.40. The van der Waals surface area contributed by atoms with Crippen LogP contribution in [-0.4, -0.2) is 36.6 Å². The molecule has 0 aliphatic carbocycles. The lowest BCUT2D eigenvalue weighted by molar-refractivity contribution is 0.00321. The van der Waals surface area contributed by atoms with Crippen LogP contribution in [0.2, 0.25) is 0 Å². The van der Waals surface area contributed by atoms with Gasteiger partial charge in [-0.05, 0) is 70.0 Å². The quantitative estimate of drug-likeness (QED) is 0.812. The van der Waals surface area contributed by atoms with Crippen molar-refractivity contribution in [2.24, 2.45) is 17.3 Å². The van der Waals surface area contributed by atoms with Gasteiger partial charge in [0.2, 0.25) is 0 Å². The molecular weight excluding hydrogens is 220 g/mol. The maximum absolute atomic E-state index is 3.53. The minimum atomic E-state index is 0.368. The second kappa shape index (κ2) is 5.13. The van der Waals surface area contributed by atoms with Crippen LogP contribution in [0.3, 0.4) is 0 Å². The molecule has 0 radical (unpaired) electrons. The zero-order valence-electron chi connectivity index (χ0n) is 13.1. The highest BCUT2D eigenvalue weighted by molar-refractivity contribution is 4.96. The fourth-order valence-corrected chi connectivity index (χ4v) is 3.72. The molecule has 2 heterocycles. The van der Waals surface area contributed by atoms with Crippen LogP contribution in [0.5, 0.6) is 0 Å². The SMILES string of the molecule is CC(C)(C)C1CCCN(C(C)(C)C2CCNC2)C1. The van der Waals surface area contributed by atoms with Crippen LogP contribution >= 0.6 is 0 Å². The Morgan fingerprint density at radius 2 is 1.72 bits per heavy atom. The summed E-state index contributed by atoms with van der Waals surface area (Å²) in [6.07, 6.45) is 4.15. The monoisotopic (exact) mass is 252 g/mol. The Morgan fingerprint density at radius 1 is 1.00 bits per heavy atom. The first-order valence-electron chi connectivity index (χ1n) is 7.77. The van der Waals surface area contributed by atoms with Crippen LogP contribution in [0.25, 0.3) is 0 Å². The van der Waals surface area contributed by atoms with E-state index in [1.807, 2.05) is 0 Å². The van der Waals surface area contributed by atoms with Crippen molar-refractivity contribution in [3.63, 3.8) is 0 Å². The number of hydrogen-bond acceptors (Lipinski definition) is 2. The van der Waals surface area contributed by atoms with Crippen LogP contribution in [0, 0.1) is 17.3 Å². The smallest absolute Gasteiger partial charge is 0.0194 e. The molecule has 2 atom stereocenters. The molecule has 18 heavy (non-hydrogen) atoms. The topological polar surface area (TPSA) is 15.3 Å². The van der Waals surface area contributed by atoms with E-state index in [2.05, 4.69) is 44.8 Å². The second-order valence-corrected chi connectivity index (χ2v) is 7.99. The van der Waals surface area contributed by atoms with Crippen LogP contribution in [0.4, 0.5) is 0 Å². The number of rotatable bonds is 2. The molecule has 0 aromatic heterocycles. The molecule has 2 unspecified atom stereocenters. The summed E-state index contributed by atoms with van der Waals surface area (Å²) in [7, 11) is 0. The van der Waals surface area contributed by atoms with Crippen molar-refractivity contribution in [3.8, 4) is 0 Å². The lowest BCUT2D eigenvalue weighted by Crippen LogP contribution is -2.55. The molecule has 0 aromatic carbocycles. The molecule has 2 rings (SSSR count). The third-order valence-electron chi connectivity index (χ3n) is 5.52. The van der Waals surface area contributed by atoms with Gasteiger partial charge in [-0.15, -0.1) is 0 Å². The maximum atomic E-state index is 3.53. The third-order valence-corrected chi connectivity index (χ3v) is 5.52. The summed E-state index contributed by atoms with van der Waals surface area (Å²) in [6.45, 7) is 17.2. The summed E-state index contributed by atoms with van der Waals surface area (Å²) < 4.78 is 0. The van der Waals surface area contributed by atoms with Crippen LogP contribution in [0.15, 0.2) is 0 Å². The molecule has 2 fully saturated rings. The van der Waals surface area contributed by atoms with E-state index in [0.717, 1.165) is 11.8 Å². The minimum Gasteiger partial charge on any atom is -0.316 e. The number of likely N-dealkylation sites (tertiary alicyclic amines) is 1. The van der Waals surface area contributed by atoms with Gasteiger partial charge in [0.15, 0.2) is 0 Å². The Bertz CT molecular complexity index is 271. The summed E-state index contributed by atoms with van der Waals surface area (Å²) in [4.78, 5) is 2.78. The molecule has 0 amide bonds. The molecule has 2 saturated heterocycles. The first-order valence-corrected chi connectivity index (χ1v) is 7.77. The van der Waals surface area contributed by atoms with Crippen molar-refractivity contribution < 1.29 is 0 Å². The van der Waals surface area contributed by atoms with E-state index >= 15 is 0 Å². The van der Waals surface area contributed by atoms with E-state index in [4.69, 9.17) is 0 Å². The molecule has 2 aliphatic heterocycles. The Balaban J connectivity index is 2.03. The minimum absolute atomic E-state index is 0.368. The van der Waals surface area contributed by atoms with E-state index < -0.39 is 0 Å². The average molecular weight is 252 g/mol. The van der Waals surface area contributed by atoms with Crippen molar-refractivity contribution in [1.29, 1.82) is 0 Å². The zero-order valence-corrected chi connectivity index (χ0v) is 13.1. The number of hydrogen-bond donors (Lipinski definition) is 1. The van der Waals surface area contributed by atoms with Crippen molar-refractivity contribution in [2.45, 2.75) is 59.4 Å². The number of nitrogens with one attached hydrogen (secondary N) is 1. The standard InChI is InChI=1S/C16H32N2/c1-15(2,3)14-7-6-10-18(12-14)16(4,5)13-8-9-17-11-13/h13-14,17H,6-12H2,1-5H3. The van der Waals surface area contributed by atoms with E-state index in [1.54, 1.807) is 0 Å². The molecule has 106 valence electrons. The molecule has 0 saturated carbocycles. The van der Waals surface area contributed by atoms with Gasteiger partial charge in [0, 0.05) is 12.1 Å². The summed E-state index contributed by atoms with van der Waals surface area (Å²) >= 11 is 0. The second-order valence-electron chi connectivity index (χ2n) is 7.99. The third kappa shape index (κ3) is 2.91. The fraction of sp³-hybridized carbons (Fsp3) is 1.00. The Kier molecular flexibility index (Phi) is 4.08. The van der Waals surface area contributed by atoms with Crippen LogP contribution < -0.4 is 5.32 Å². The first kappa shape index (κ1) is 14.3. The van der Waals surface area contributed by atoms with Crippen molar-refractivity contribution >= 4 is 0 Å². The molecule has 0 spiro atoms. The summed E-state index contributed by atoms with van der Waals surface area (Å²) in [5, 5.41) is 3.53. The zero-order chi connectivity index (χ0) is 13.4. The number of piperidine rings is 1. The predicted octanol–water partition coefficient (Wildman–Crippen LogP) is 3.13. The maximum Gasteiger partial charge on any atom is 0.0194 e. The van der Waals surface area contributed by atoms with E-state index in [9.17, 15) is 0 Å². The Labute approximate surface area is 114 Å². The average Bonchev–Trinajstić information content (AvgIpc) is 2.82. The van der Waals surface area contributed by atoms with Crippen molar-refractivity contribution in [1.82, 2.24) is 10.2 Å². The van der Waals surface area contributed by atoms with Gasteiger partial charge in [-0.1, -0.05) is 20.8 Å². The summed E-state index contributed by atoms with van der Waals surface area (Å²) in [5.41, 5.74) is 0.829. The molecule has 2 aliphatic rings. The van der Waals surface area contributed by atoms with Crippen LogP contribution in [0.1, 0.15) is 53.9 Å². The molecule has 2 nitrogen and oxygen atoms in total. The highest BCUT2D eigenvalue weighted by Crippen LogP contribution is 2.38. The van der Waals surface area contributed by atoms with Gasteiger partial charge in [-0.2, -0.15) is 0 Å². The van der Waals surface area contributed by atoms with Gasteiger partial charge >= 0.3 is 0 Å². The molecule has 0 aromatic rings. The molecule has 1 N–H and O–H groups in total. The van der Waals surface area contributed by atoms with Crippen molar-refractivity contribution in [3.05, 3.63) is 0 Å². The Hall–Kier alpha value is -0.0800. The Morgan fingerprint density at radius 3 is 2.28 bits per heavy atom. The van der Waals surface area contributed by atoms with Crippen LogP contribution in [-0.2, 0) is 0 Å². The molecular formula is C16H32N2. The van der Waals surface area contributed by atoms with Gasteiger partial charge in [-0.3, -0.25) is 4.90 Å². The molecule has 0 bridgehead atoms. The fourth-order valence-electron chi connectivity index (χ4n) is 3.72. The summed E-state index contributed by atoms with van der Waals surface area (Å²) in [6, 6.07) is 0. The lowest BCUT2D eigenvalue weighted by Gasteiger charge is -2.49. The first-order chi connectivity index (χ1) is 8.32. The largest absolute Gasteiger partial charge is 0.316 e. The van der Waals surface area contributed by atoms with Gasteiger partial charge in [0.1, 0.15) is 0 Å². The van der Waals surface area contributed by atoms with E-state index in [1.165, 1.54) is 45.4 Å². The van der Waals surface area contributed by atoms with E-state index in [0.29, 0.717) is 11.0 Å². The van der Waals surface area contributed by atoms with Gasteiger partial charge < -0.3 is 5.32 Å².